The van der Waals surface area contributed by atoms with Gasteiger partial charge in [-0.05, 0) is 25.8 Å². The number of aliphatic hydroxyl groups is 1. The zero-order chi connectivity index (χ0) is 13.6. The zero-order valence-corrected chi connectivity index (χ0v) is 11.8. The Morgan fingerprint density at radius 3 is 2.68 bits per heavy atom. The van der Waals surface area contributed by atoms with Crippen LogP contribution in [0, 0.1) is 5.41 Å². The van der Waals surface area contributed by atoms with E-state index in [9.17, 15) is 5.11 Å². The molecule has 1 aliphatic rings. The lowest BCUT2D eigenvalue weighted by atomic mass is 9.87. The Labute approximate surface area is 116 Å². The average molecular weight is 263 g/mol. The maximum atomic E-state index is 9.59. The van der Waals surface area contributed by atoms with E-state index in [4.69, 9.17) is 4.74 Å². The number of para-hydroxylation sites is 1. The van der Waals surface area contributed by atoms with Crippen molar-refractivity contribution in [2.75, 3.05) is 19.8 Å². The molecule has 1 aliphatic carbocycles. The van der Waals surface area contributed by atoms with Crippen LogP contribution in [0.15, 0.2) is 24.3 Å². The van der Waals surface area contributed by atoms with E-state index in [1.807, 2.05) is 25.1 Å². The van der Waals surface area contributed by atoms with Gasteiger partial charge in [-0.2, -0.15) is 0 Å². The van der Waals surface area contributed by atoms with Gasteiger partial charge in [0.15, 0.2) is 0 Å². The van der Waals surface area contributed by atoms with E-state index in [0.29, 0.717) is 13.2 Å². The van der Waals surface area contributed by atoms with Gasteiger partial charge in [-0.25, -0.2) is 0 Å². The van der Waals surface area contributed by atoms with Crippen LogP contribution in [0.25, 0.3) is 0 Å². The van der Waals surface area contributed by atoms with E-state index in [-0.39, 0.29) is 5.41 Å². The third-order valence-electron chi connectivity index (χ3n) is 4.09. The summed E-state index contributed by atoms with van der Waals surface area (Å²) < 4.78 is 5.62. The largest absolute Gasteiger partial charge is 0.494 e. The molecule has 0 atom stereocenters. The SMILES string of the molecule is CCOc1ccccc1CNCC1(CO)CCCC1. The van der Waals surface area contributed by atoms with Crippen LogP contribution in [-0.4, -0.2) is 24.9 Å². The van der Waals surface area contributed by atoms with E-state index in [1.54, 1.807) is 0 Å². The van der Waals surface area contributed by atoms with Crippen LogP contribution in [0.1, 0.15) is 38.2 Å². The molecule has 3 heteroatoms. The van der Waals surface area contributed by atoms with Crippen LogP contribution in [0.5, 0.6) is 5.75 Å². The molecule has 0 saturated heterocycles. The first-order chi connectivity index (χ1) is 9.29. The van der Waals surface area contributed by atoms with E-state index in [1.165, 1.54) is 18.4 Å². The molecule has 0 aliphatic heterocycles. The van der Waals surface area contributed by atoms with Gasteiger partial charge in [-0.15, -0.1) is 0 Å². The van der Waals surface area contributed by atoms with Crippen molar-refractivity contribution in [2.24, 2.45) is 5.41 Å². The number of benzene rings is 1. The molecule has 0 bridgehead atoms. The summed E-state index contributed by atoms with van der Waals surface area (Å²) in [6.07, 6.45) is 4.78. The second-order valence-electron chi connectivity index (χ2n) is 5.51. The van der Waals surface area contributed by atoms with Gasteiger partial charge >= 0.3 is 0 Å². The van der Waals surface area contributed by atoms with Crippen LogP contribution >= 0.6 is 0 Å². The monoisotopic (exact) mass is 263 g/mol. The Balaban J connectivity index is 1.88. The lowest BCUT2D eigenvalue weighted by molar-refractivity contribution is 0.128. The molecule has 0 unspecified atom stereocenters. The number of hydrogen-bond donors (Lipinski definition) is 2. The van der Waals surface area contributed by atoms with Crippen molar-refractivity contribution in [1.82, 2.24) is 5.32 Å². The maximum Gasteiger partial charge on any atom is 0.123 e. The van der Waals surface area contributed by atoms with Crippen LogP contribution in [-0.2, 0) is 6.54 Å². The summed E-state index contributed by atoms with van der Waals surface area (Å²) in [5.41, 5.74) is 1.30. The van der Waals surface area contributed by atoms with Crippen molar-refractivity contribution >= 4 is 0 Å². The summed E-state index contributed by atoms with van der Waals surface area (Å²) in [6.45, 7) is 4.69. The number of aliphatic hydroxyl groups excluding tert-OH is 1. The van der Waals surface area contributed by atoms with Gasteiger partial charge in [0.1, 0.15) is 5.75 Å². The van der Waals surface area contributed by atoms with Crippen LogP contribution < -0.4 is 10.1 Å². The van der Waals surface area contributed by atoms with E-state index in [2.05, 4.69) is 11.4 Å². The average Bonchev–Trinajstić information content (AvgIpc) is 2.90. The highest BCUT2D eigenvalue weighted by atomic mass is 16.5. The molecular weight excluding hydrogens is 238 g/mol. The number of nitrogens with one attached hydrogen (secondary N) is 1. The Bertz CT molecular complexity index is 386. The highest BCUT2D eigenvalue weighted by molar-refractivity contribution is 5.33. The minimum atomic E-state index is 0.112. The highest BCUT2D eigenvalue weighted by Gasteiger charge is 2.32. The number of hydrogen-bond acceptors (Lipinski definition) is 3. The number of rotatable bonds is 7. The summed E-state index contributed by atoms with van der Waals surface area (Å²) in [5, 5.41) is 13.1. The van der Waals surface area contributed by atoms with Gasteiger partial charge in [0, 0.05) is 30.7 Å². The minimum Gasteiger partial charge on any atom is -0.494 e. The van der Waals surface area contributed by atoms with Crippen LogP contribution in [0.3, 0.4) is 0 Å². The molecule has 0 amide bonds. The molecular formula is C16H25NO2. The van der Waals surface area contributed by atoms with Crippen molar-refractivity contribution in [3.63, 3.8) is 0 Å². The second-order valence-corrected chi connectivity index (χ2v) is 5.51. The van der Waals surface area contributed by atoms with E-state index >= 15 is 0 Å². The third-order valence-corrected chi connectivity index (χ3v) is 4.09. The molecule has 0 heterocycles. The van der Waals surface area contributed by atoms with Gasteiger partial charge in [0.2, 0.25) is 0 Å². The predicted molar refractivity (Wildman–Crippen MR) is 77.3 cm³/mol. The molecule has 1 saturated carbocycles. The molecule has 1 aromatic rings. The van der Waals surface area contributed by atoms with Crippen molar-refractivity contribution < 1.29 is 9.84 Å². The molecule has 19 heavy (non-hydrogen) atoms. The summed E-state index contributed by atoms with van der Waals surface area (Å²) in [5.74, 6) is 0.960. The molecule has 3 nitrogen and oxygen atoms in total. The molecule has 1 fully saturated rings. The Morgan fingerprint density at radius 2 is 2.00 bits per heavy atom. The molecule has 1 aromatic carbocycles. The molecule has 0 radical (unpaired) electrons. The summed E-state index contributed by atoms with van der Waals surface area (Å²) in [7, 11) is 0. The maximum absolute atomic E-state index is 9.59. The Morgan fingerprint density at radius 1 is 1.26 bits per heavy atom. The molecule has 2 N–H and O–H groups in total. The highest BCUT2D eigenvalue weighted by Crippen LogP contribution is 2.37. The van der Waals surface area contributed by atoms with Crippen molar-refractivity contribution in [3.8, 4) is 5.75 Å². The minimum absolute atomic E-state index is 0.112. The first-order valence-corrected chi connectivity index (χ1v) is 7.32. The summed E-state index contributed by atoms with van der Waals surface area (Å²) >= 11 is 0. The van der Waals surface area contributed by atoms with Crippen molar-refractivity contribution in [1.29, 1.82) is 0 Å². The molecule has 106 valence electrons. The zero-order valence-electron chi connectivity index (χ0n) is 11.8. The Hall–Kier alpha value is -1.06. The first-order valence-electron chi connectivity index (χ1n) is 7.32. The van der Waals surface area contributed by atoms with Gasteiger partial charge in [-0.3, -0.25) is 0 Å². The topological polar surface area (TPSA) is 41.5 Å². The first kappa shape index (κ1) is 14.4. The standard InChI is InChI=1S/C16H25NO2/c1-2-19-15-8-4-3-7-14(15)11-17-12-16(13-18)9-5-6-10-16/h3-4,7-8,17-18H,2,5-6,9-13H2,1H3. The normalized spacial score (nSPS) is 17.6. The second kappa shape index (κ2) is 6.92. The summed E-state index contributed by atoms with van der Waals surface area (Å²) in [6, 6.07) is 8.15. The molecule has 2 rings (SSSR count). The van der Waals surface area contributed by atoms with Crippen molar-refractivity contribution in [3.05, 3.63) is 29.8 Å². The Kier molecular flexibility index (Phi) is 5.23. The predicted octanol–water partition coefficient (Wildman–Crippen LogP) is 2.73. The smallest absolute Gasteiger partial charge is 0.123 e. The molecule has 0 spiro atoms. The van der Waals surface area contributed by atoms with Gasteiger partial charge < -0.3 is 15.2 Å². The van der Waals surface area contributed by atoms with E-state index in [0.717, 1.165) is 31.7 Å². The van der Waals surface area contributed by atoms with Gasteiger partial charge in [0.05, 0.1) is 6.61 Å². The lowest BCUT2D eigenvalue weighted by Crippen LogP contribution is -2.34. The fraction of sp³-hybridized carbons (Fsp3) is 0.625. The number of ether oxygens (including phenoxy) is 1. The molecule has 0 aromatic heterocycles. The quantitative estimate of drug-likeness (QED) is 0.795. The third kappa shape index (κ3) is 3.71. The summed E-state index contributed by atoms with van der Waals surface area (Å²) in [4.78, 5) is 0. The van der Waals surface area contributed by atoms with Gasteiger partial charge in [-0.1, -0.05) is 31.0 Å². The fourth-order valence-electron chi connectivity index (χ4n) is 2.92. The van der Waals surface area contributed by atoms with Crippen molar-refractivity contribution in [2.45, 2.75) is 39.2 Å². The van der Waals surface area contributed by atoms with Crippen LogP contribution in [0.4, 0.5) is 0 Å². The fourth-order valence-corrected chi connectivity index (χ4v) is 2.92. The van der Waals surface area contributed by atoms with Gasteiger partial charge in [0.25, 0.3) is 0 Å². The van der Waals surface area contributed by atoms with E-state index < -0.39 is 0 Å². The van der Waals surface area contributed by atoms with Crippen LogP contribution in [0.2, 0.25) is 0 Å². The lowest BCUT2D eigenvalue weighted by Gasteiger charge is -2.27.